The van der Waals surface area contributed by atoms with Crippen molar-refractivity contribution >= 4 is 5.69 Å². The van der Waals surface area contributed by atoms with Crippen LogP contribution in [0.15, 0.2) is 24.8 Å². The summed E-state index contributed by atoms with van der Waals surface area (Å²) in [6, 6.07) is 4.42. The van der Waals surface area contributed by atoms with E-state index in [2.05, 4.69) is 16.8 Å². The lowest BCUT2D eigenvalue weighted by Crippen LogP contribution is -2.45. The highest BCUT2D eigenvalue weighted by molar-refractivity contribution is 5.57. The number of aromatic hydroxyl groups is 1. The SMILES string of the molecule is C=CCC[C@H](c1cc(C#N)cc([N+](=O)[O-])c1O)N1CCNCC1. The lowest BCUT2D eigenvalue weighted by molar-refractivity contribution is -0.386. The summed E-state index contributed by atoms with van der Waals surface area (Å²) < 4.78 is 0. The van der Waals surface area contributed by atoms with E-state index in [9.17, 15) is 15.2 Å². The average molecular weight is 316 g/mol. The highest BCUT2D eigenvalue weighted by atomic mass is 16.6. The first-order valence-electron chi connectivity index (χ1n) is 7.55. The van der Waals surface area contributed by atoms with Crippen molar-refractivity contribution in [3.8, 4) is 11.8 Å². The molecule has 7 heteroatoms. The highest BCUT2D eigenvalue weighted by Crippen LogP contribution is 2.39. The lowest BCUT2D eigenvalue weighted by atomic mass is 9.96. The van der Waals surface area contributed by atoms with Gasteiger partial charge in [0, 0.05) is 43.9 Å². The van der Waals surface area contributed by atoms with Crippen molar-refractivity contribution in [1.29, 1.82) is 5.26 Å². The van der Waals surface area contributed by atoms with Crippen molar-refractivity contribution in [2.75, 3.05) is 26.2 Å². The molecule has 1 aliphatic rings. The average Bonchev–Trinajstić information content (AvgIpc) is 2.57. The van der Waals surface area contributed by atoms with Gasteiger partial charge in [-0.1, -0.05) is 6.08 Å². The van der Waals surface area contributed by atoms with Crippen LogP contribution in [0, 0.1) is 21.4 Å². The third-order valence-electron chi connectivity index (χ3n) is 4.04. The molecule has 1 heterocycles. The van der Waals surface area contributed by atoms with Gasteiger partial charge in [0.05, 0.1) is 16.6 Å². The van der Waals surface area contributed by atoms with Gasteiger partial charge >= 0.3 is 5.69 Å². The van der Waals surface area contributed by atoms with E-state index >= 15 is 0 Å². The molecule has 0 saturated carbocycles. The topological polar surface area (TPSA) is 102 Å². The van der Waals surface area contributed by atoms with E-state index in [1.807, 2.05) is 6.07 Å². The molecule has 2 N–H and O–H groups in total. The van der Waals surface area contributed by atoms with Crippen molar-refractivity contribution in [2.24, 2.45) is 0 Å². The number of nitrogens with zero attached hydrogens (tertiary/aromatic N) is 3. The number of rotatable bonds is 6. The molecule has 1 aromatic carbocycles. The summed E-state index contributed by atoms with van der Waals surface area (Å²) in [5.74, 6) is -0.346. The number of hydrogen-bond acceptors (Lipinski definition) is 6. The Morgan fingerprint density at radius 1 is 1.52 bits per heavy atom. The molecule has 0 spiro atoms. The van der Waals surface area contributed by atoms with Gasteiger partial charge in [-0.15, -0.1) is 6.58 Å². The summed E-state index contributed by atoms with van der Waals surface area (Å²) >= 11 is 0. The number of nitro benzene ring substituents is 1. The van der Waals surface area contributed by atoms with Gasteiger partial charge in [-0.3, -0.25) is 15.0 Å². The number of nitriles is 1. The molecule has 1 aliphatic heterocycles. The van der Waals surface area contributed by atoms with Crippen molar-refractivity contribution in [2.45, 2.75) is 18.9 Å². The van der Waals surface area contributed by atoms with E-state index in [0.29, 0.717) is 12.0 Å². The molecule has 1 atom stereocenters. The van der Waals surface area contributed by atoms with Gasteiger partial charge in [-0.25, -0.2) is 0 Å². The molecule has 0 bridgehead atoms. The number of phenolic OH excluding ortho intramolecular Hbond substituents is 1. The quantitative estimate of drug-likeness (QED) is 0.473. The molecule has 0 unspecified atom stereocenters. The molecule has 1 fully saturated rings. The first-order valence-corrected chi connectivity index (χ1v) is 7.55. The maximum atomic E-state index is 11.2. The van der Waals surface area contributed by atoms with Crippen LogP contribution in [0.2, 0.25) is 0 Å². The van der Waals surface area contributed by atoms with Crippen LogP contribution in [0.25, 0.3) is 0 Å². The van der Waals surface area contributed by atoms with Crippen molar-refractivity contribution in [3.05, 3.63) is 46.0 Å². The number of hydrogen-bond donors (Lipinski definition) is 2. The molecular weight excluding hydrogens is 296 g/mol. The van der Waals surface area contributed by atoms with Crippen LogP contribution < -0.4 is 5.32 Å². The van der Waals surface area contributed by atoms with Crippen LogP contribution >= 0.6 is 0 Å². The minimum atomic E-state index is -0.651. The van der Waals surface area contributed by atoms with Gasteiger partial charge in [0.2, 0.25) is 0 Å². The standard InChI is InChI=1S/C16H20N4O3/c1-2-3-4-14(19-7-5-18-6-8-19)13-9-12(11-17)10-15(16(13)21)20(22)23/h2,9-10,14,18,21H,1,3-8H2/t14-/m1/s1. The number of piperazine rings is 1. The van der Waals surface area contributed by atoms with Crippen molar-refractivity contribution in [3.63, 3.8) is 0 Å². The van der Waals surface area contributed by atoms with Crippen LogP contribution in [0.3, 0.4) is 0 Å². The zero-order valence-electron chi connectivity index (χ0n) is 12.9. The lowest BCUT2D eigenvalue weighted by Gasteiger charge is -2.35. The third-order valence-corrected chi connectivity index (χ3v) is 4.04. The largest absolute Gasteiger partial charge is 0.502 e. The zero-order chi connectivity index (χ0) is 16.8. The number of phenols is 1. The van der Waals surface area contributed by atoms with Gasteiger partial charge < -0.3 is 10.4 Å². The smallest absolute Gasteiger partial charge is 0.312 e. The summed E-state index contributed by atoms with van der Waals surface area (Å²) in [5, 5.41) is 33.9. The Hall–Kier alpha value is -2.43. The Labute approximate surface area is 135 Å². The second-order valence-electron chi connectivity index (χ2n) is 5.47. The second kappa shape index (κ2) is 7.72. The molecule has 1 saturated heterocycles. The first kappa shape index (κ1) is 16.9. The molecule has 0 aromatic heterocycles. The van der Waals surface area contributed by atoms with Crippen LogP contribution in [-0.2, 0) is 0 Å². The van der Waals surface area contributed by atoms with Gasteiger partial charge in [0.1, 0.15) is 0 Å². The summed E-state index contributed by atoms with van der Waals surface area (Å²) in [5.41, 5.74) is 0.209. The fraction of sp³-hybridized carbons (Fsp3) is 0.438. The summed E-state index contributed by atoms with van der Waals surface area (Å²) in [6.07, 6.45) is 3.19. The predicted molar refractivity (Wildman–Crippen MR) is 86.1 cm³/mol. The Morgan fingerprint density at radius 3 is 2.78 bits per heavy atom. The van der Waals surface area contributed by atoms with E-state index in [1.165, 1.54) is 0 Å². The molecule has 0 aliphatic carbocycles. The third kappa shape index (κ3) is 3.86. The number of nitrogens with one attached hydrogen (secondary N) is 1. The van der Waals surface area contributed by atoms with E-state index in [0.717, 1.165) is 38.7 Å². The fourth-order valence-corrected chi connectivity index (χ4v) is 2.90. The second-order valence-corrected chi connectivity index (χ2v) is 5.47. The monoisotopic (exact) mass is 316 g/mol. The maximum absolute atomic E-state index is 11.2. The van der Waals surface area contributed by atoms with E-state index < -0.39 is 10.6 Å². The van der Waals surface area contributed by atoms with Gasteiger partial charge in [0.15, 0.2) is 5.75 Å². The maximum Gasteiger partial charge on any atom is 0.312 e. The molecule has 2 rings (SSSR count). The molecule has 122 valence electrons. The van der Waals surface area contributed by atoms with Crippen LogP contribution in [-0.4, -0.2) is 41.1 Å². The van der Waals surface area contributed by atoms with Crippen LogP contribution in [0.5, 0.6) is 5.75 Å². The molecule has 7 nitrogen and oxygen atoms in total. The van der Waals surface area contributed by atoms with Crippen LogP contribution in [0.4, 0.5) is 5.69 Å². The molecule has 1 aromatic rings. The van der Waals surface area contributed by atoms with Crippen LogP contribution in [0.1, 0.15) is 30.0 Å². The van der Waals surface area contributed by atoms with E-state index in [-0.39, 0.29) is 17.4 Å². The Morgan fingerprint density at radius 2 is 2.22 bits per heavy atom. The molecule has 0 amide bonds. The van der Waals surface area contributed by atoms with E-state index in [4.69, 9.17) is 5.26 Å². The minimum absolute atomic E-state index is 0.179. The molecule has 0 radical (unpaired) electrons. The Bertz CT molecular complexity index is 633. The molecule has 23 heavy (non-hydrogen) atoms. The normalized spacial score (nSPS) is 16.5. The van der Waals surface area contributed by atoms with Gasteiger partial charge in [-0.2, -0.15) is 5.26 Å². The predicted octanol–water partition coefficient (Wildman–Crippen LogP) is 2.08. The Balaban J connectivity index is 2.47. The van der Waals surface area contributed by atoms with E-state index in [1.54, 1.807) is 12.1 Å². The summed E-state index contributed by atoms with van der Waals surface area (Å²) in [6.45, 7) is 6.94. The van der Waals surface area contributed by atoms with Crippen molar-refractivity contribution < 1.29 is 10.0 Å². The number of allylic oxidation sites excluding steroid dienone is 1. The molecular formula is C16H20N4O3. The van der Waals surface area contributed by atoms with Gasteiger partial charge in [0.25, 0.3) is 0 Å². The number of nitro groups is 1. The fourth-order valence-electron chi connectivity index (χ4n) is 2.90. The number of benzene rings is 1. The Kier molecular flexibility index (Phi) is 5.68. The first-order chi connectivity index (χ1) is 11.1. The van der Waals surface area contributed by atoms with Crippen molar-refractivity contribution in [1.82, 2.24) is 10.2 Å². The summed E-state index contributed by atoms with van der Waals surface area (Å²) in [7, 11) is 0. The minimum Gasteiger partial charge on any atom is -0.502 e. The zero-order valence-corrected chi connectivity index (χ0v) is 12.9. The summed E-state index contributed by atoms with van der Waals surface area (Å²) in [4.78, 5) is 12.7. The van der Waals surface area contributed by atoms with Gasteiger partial charge in [-0.05, 0) is 18.9 Å². The highest BCUT2D eigenvalue weighted by Gasteiger charge is 2.28.